The Labute approximate surface area is 196 Å². The van der Waals surface area contributed by atoms with Crippen molar-refractivity contribution in [2.24, 2.45) is 11.7 Å². The molecule has 2 aliphatic heterocycles. The van der Waals surface area contributed by atoms with Gasteiger partial charge in [-0.05, 0) is 38.8 Å². The Morgan fingerprint density at radius 1 is 1.19 bits per heavy atom. The van der Waals surface area contributed by atoms with Crippen LogP contribution in [0.15, 0.2) is 34.0 Å². The van der Waals surface area contributed by atoms with Gasteiger partial charge >= 0.3 is 0 Å². The molecule has 0 bridgehead atoms. The fraction of sp³-hybridized carbons (Fsp3) is 0.391. The van der Waals surface area contributed by atoms with Gasteiger partial charge in [0.1, 0.15) is 4.32 Å². The molecule has 7 nitrogen and oxygen atoms in total. The highest BCUT2D eigenvalue weighted by Gasteiger charge is 2.32. The Balaban J connectivity index is 1.91. The molecule has 168 valence electrons. The van der Waals surface area contributed by atoms with Crippen LogP contribution in [0.4, 0.5) is 5.69 Å². The number of likely N-dealkylation sites (N-methyl/N-ethyl adjacent to an activating group) is 1. The van der Waals surface area contributed by atoms with Crippen LogP contribution in [-0.4, -0.2) is 45.2 Å². The molecule has 32 heavy (non-hydrogen) atoms. The molecule has 9 heteroatoms. The van der Waals surface area contributed by atoms with E-state index in [0.29, 0.717) is 53.8 Å². The number of aromatic nitrogens is 1. The van der Waals surface area contributed by atoms with E-state index in [0.717, 1.165) is 16.6 Å². The summed E-state index contributed by atoms with van der Waals surface area (Å²) in [6.45, 7) is 6.05. The summed E-state index contributed by atoms with van der Waals surface area (Å²) in [7, 11) is 0. The zero-order chi connectivity index (χ0) is 23.0. The van der Waals surface area contributed by atoms with Crippen molar-refractivity contribution in [3.05, 3.63) is 45.1 Å². The van der Waals surface area contributed by atoms with Gasteiger partial charge in [0.05, 0.1) is 21.7 Å². The number of primary amides is 1. The van der Waals surface area contributed by atoms with E-state index in [4.69, 9.17) is 18.0 Å². The predicted octanol–water partition coefficient (Wildman–Crippen LogP) is 2.94. The minimum absolute atomic E-state index is 0.139. The minimum atomic E-state index is -0.278. The number of carbonyl (C=O) groups is 2. The SMILES string of the molecule is CCN1C(=O)C(=Cc2c(N3CCC(C(N)=O)CC3)c3ccccc3n(CC)c2=O)SC1=S. The number of fused-ring (bicyclic) bond motifs is 1. The number of hydrogen-bond acceptors (Lipinski definition) is 6. The second kappa shape index (κ2) is 9.07. The van der Waals surface area contributed by atoms with Gasteiger partial charge in [-0.2, -0.15) is 0 Å². The van der Waals surface area contributed by atoms with Crippen LogP contribution in [0.5, 0.6) is 0 Å². The number of pyridine rings is 1. The normalized spacial score (nSPS) is 18.9. The van der Waals surface area contributed by atoms with Crippen LogP contribution >= 0.6 is 24.0 Å². The average molecular weight is 471 g/mol. The van der Waals surface area contributed by atoms with Gasteiger partial charge in [-0.25, -0.2) is 0 Å². The number of thioether (sulfide) groups is 1. The summed E-state index contributed by atoms with van der Waals surface area (Å²) in [6, 6.07) is 7.82. The third kappa shape index (κ3) is 3.84. The maximum absolute atomic E-state index is 13.6. The Bertz CT molecular complexity index is 1200. The number of rotatable bonds is 5. The molecule has 2 N–H and O–H groups in total. The van der Waals surface area contributed by atoms with Crippen molar-refractivity contribution in [2.75, 3.05) is 24.5 Å². The molecular formula is C23H26N4O3S2. The summed E-state index contributed by atoms with van der Waals surface area (Å²) in [6.07, 6.45) is 2.97. The van der Waals surface area contributed by atoms with E-state index in [9.17, 15) is 14.4 Å². The number of nitrogens with zero attached hydrogens (tertiary/aromatic N) is 3. The van der Waals surface area contributed by atoms with Crippen LogP contribution in [0, 0.1) is 5.92 Å². The van der Waals surface area contributed by atoms with Crippen LogP contribution in [0.25, 0.3) is 17.0 Å². The summed E-state index contributed by atoms with van der Waals surface area (Å²) in [5, 5.41) is 0.948. The van der Waals surface area contributed by atoms with E-state index in [1.54, 1.807) is 15.5 Å². The summed E-state index contributed by atoms with van der Waals surface area (Å²) in [4.78, 5) is 42.3. The first kappa shape index (κ1) is 22.5. The molecule has 0 unspecified atom stereocenters. The topological polar surface area (TPSA) is 88.6 Å². The number of amides is 2. The fourth-order valence-corrected chi connectivity index (χ4v) is 5.85. The van der Waals surface area contributed by atoms with Gasteiger partial charge in [0, 0.05) is 37.5 Å². The van der Waals surface area contributed by atoms with Crippen LogP contribution in [0.2, 0.25) is 0 Å². The van der Waals surface area contributed by atoms with Gasteiger partial charge in [0.25, 0.3) is 11.5 Å². The lowest BCUT2D eigenvalue weighted by molar-refractivity contribution is -0.123. The number of thiocarbonyl (C=S) groups is 1. The molecule has 3 heterocycles. The lowest BCUT2D eigenvalue weighted by Gasteiger charge is -2.34. The minimum Gasteiger partial charge on any atom is -0.370 e. The standard InChI is InChI=1S/C23H26N4O3S2/c1-3-26-17-8-6-5-7-15(17)19(25-11-9-14(10-12-25)20(24)28)16(21(26)29)13-18-22(30)27(4-2)23(31)32-18/h5-8,13-14H,3-4,9-12H2,1-2H3,(H2,24,28). The summed E-state index contributed by atoms with van der Waals surface area (Å²) < 4.78 is 2.24. The number of para-hydroxylation sites is 1. The van der Waals surface area contributed by atoms with Gasteiger partial charge < -0.3 is 15.2 Å². The van der Waals surface area contributed by atoms with Crippen molar-refractivity contribution in [2.45, 2.75) is 33.2 Å². The smallest absolute Gasteiger partial charge is 0.266 e. The molecule has 2 aliphatic rings. The Morgan fingerprint density at radius 2 is 1.88 bits per heavy atom. The van der Waals surface area contributed by atoms with Crippen molar-refractivity contribution in [3.8, 4) is 0 Å². The largest absolute Gasteiger partial charge is 0.370 e. The fourth-order valence-electron chi connectivity index (χ4n) is 4.49. The molecular weight excluding hydrogens is 444 g/mol. The van der Waals surface area contributed by atoms with Gasteiger partial charge in [0.15, 0.2) is 0 Å². The first-order valence-corrected chi connectivity index (χ1v) is 12.0. The third-order valence-electron chi connectivity index (χ3n) is 6.18. The highest BCUT2D eigenvalue weighted by Crippen LogP contribution is 2.37. The number of aryl methyl sites for hydroxylation is 1. The average Bonchev–Trinajstić information content (AvgIpc) is 3.06. The van der Waals surface area contributed by atoms with Crippen molar-refractivity contribution in [3.63, 3.8) is 0 Å². The van der Waals surface area contributed by atoms with Gasteiger partial charge in [-0.15, -0.1) is 0 Å². The first-order valence-electron chi connectivity index (χ1n) is 10.8. The Kier molecular flexibility index (Phi) is 6.39. The monoisotopic (exact) mass is 470 g/mol. The number of carbonyl (C=O) groups excluding carboxylic acids is 2. The number of anilines is 1. The molecule has 1 aromatic heterocycles. The summed E-state index contributed by atoms with van der Waals surface area (Å²) >= 11 is 6.58. The first-order chi connectivity index (χ1) is 15.4. The van der Waals surface area contributed by atoms with E-state index in [2.05, 4.69) is 4.90 Å². The highest BCUT2D eigenvalue weighted by atomic mass is 32.2. The van der Waals surface area contributed by atoms with E-state index >= 15 is 0 Å². The molecule has 0 spiro atoms. The van der Waals surface area contributed by atoms with Gasteiger partial charge in [0.2, 0.25) is 5.91 Å². The second-order valence-electron chi connectivity index (χ2n) is 7.92. The molecule has 2 aromatic rings. The van der Waals surface area contributed by atoms with E-state index in [-0.39, 0.29) is 23.3 Å². The van der Waals surface area contributed by atoms with Crippen molar-refractivity contribution >= 4 is 62.8 Å². The summed E-state index contributed by atoms with van der Waals surface area (Å²) in [5.74, 6) is -0.603. The van der Waals surface area contributed by atoms with E-state index in [1.807, 2.05) is 38.1 Å². The lowest BCUT2D eigenvalue weighted by atomic mass is 9.94. The van der Waals surface area contributed by atoms with Crippen LogP contribution in [-0.2, 0) is 16.1 Å². The number of piperidine rings is 1. The van der Waals surface area contributed by atoms with Crippen molar-refractivity contribution < 1.29 is 9.59 Å². The quantitative estimate of drug-likeness (QED) is 0.534. The van der Waals surface area contributed by atoms with Crippen LogP contribution < -0.4 is 16.2 Å². The molecule has 1 aromatic carbocycles. The Morgan fingerprint density at radius 3 is 2.47 bits per heavy atom. The van der Waals surface area contributed by atoms with E-state index < -0.39 is 0 Å². The second-order valence-corrected chi connectivity index (χ2v) is 9.59. The molecule has 0 saturated carbocycles. The van der Waals surface area contributed by atoms with Crippen molar-refractivity contribution in [1.82, 2.24) is 9.47 Å². The third-order valence-corrected chi connectivity index (χ3v) is 7.55. The molecule has 0 aliphatic carbocycles. The number of hydrogen-bond donors (Lipinski definition) is 1. The van der Waals surface area contributed by atoms with Crippen molar-refractivity contribution in [1.29, 1.82) is 0 Å². The predicted molar refractivity (Wildman–Crippen MR) is 134 cm³/mol. The van der Waals surface area contributed by atoms with E-state index in [1.165, 1.54) is 11.8 Å². The molecule has 2 saturated heterocycles. The Hall–Kier alpha value is -2.65. The lowest BCUT2D eigenvalue weighted by Crippen LogP contribution is -2.40. The van der Waals surface area contributed by atoms with Gasteiger partial charge in [-0.3, -0.25) is 19.3 Å². The maximum Gasteiger partial charge on any atom is 0.266 e. The van der Waals surface area contributed by atoms with Gasteiger partial charge in [-0.1, -0.05) is 42.2 Å². The zero-order valence-corrected chi connectivity index (χ0v) is 19.8. The van der Waals surface area contributed by atoms with Crippen LogP contribution in [0.1, 0.15) is 32.3 Å². The molecule has 2 amide bonds. The highest BCUT2D eigenvalue weighted by molar-refractivity contribution is 8.26. The zero-order valence-electron chi connectivity index (χ0n) is 18.2. The molecule has 2 fully saturated rings. The van der Waals surface area contributed by atoms with Crippen LogP contribution in [0.3, 0.4) is 0 Å². The molecule has 0 atom stereocenters. The molecule has 0 radical (unpaired) electrons. The number of benzene rings is 1. The molecule has 4 rings (SSSR count). The summed E-state index contributed by atoms with van der Waals surface area (Å²) in [5.41, 5.74) is 7.52. The maximum atomic E-state index is 13.6. The number of nitrogens with two attached hydrogens (primary N) is 1.